The highest BCUT2D eigenvalue weighted by atomic mass is 35.5. The monoisotopic (exact) mass is 546 g/mol. The molecule has 4 aromatic rings. The summed E-state index contributed by atoms with van der Waals surface area (Å²) in [6.07, 6.45) is 3.09. The molecule has 0 bridgehead atoms. The molecule has 1 saturated heterocycles. The van der Waals surface area contributed by atoms with Crippen LogP contribution in [0.1, 0.15) is 31.2 Å². The Morgan fingerprint density at radius 1 is 1.00 bits per heavy atom. The Morgan fingerprint density at radius 2 is 1.76 bits per heavy atom. The first-order valence-corrected chi connectivity index (χ1v) is 14.4. The summed E-state index contributed by atoms with van der Waals surface area (Å²) in [5.41, 5.74) is 2.54. The molecule has 0 atom stereocenters. The maximum Gasteiger partial charge on any atom is 0.266 e. The van der Waals surface area contributed by atoms with E-state index < -0.39 is 0 Å². The van der Waals surface area contributed by atoms with Crippen LogP contribution < -0.4 is 10.9 Å². The van der Waals surface area contributed by atoms with Gasteiger partial charge in [-0.05, 0) is 55.2 Å². The van der Waals surface area contributed by atoms with Crippen LogP contribution in [0.3, 0.4) is 0 Å². The van der Waals surface area contributed by atoms with Crippen molar-refractivity contribution in [3.05, 3.63) is 99.8 Å². The van der Waals surface area contributed by atoms with Crippen molar-refractivity contribution < 1.29 is 4.79 Å². The standard InChI is InChI=1S/C30H31ClN4O2S/c31-23-10-6-11-25(20-23)35-29(37)26-12-4-5-13-27(26)33-30(35)38-19-7-14-28(36)32-24-15-17-34(18-16-24)21-22-8-2-1-3-9-22/h1-6,8-13,20,24H,7,14-19,21H2,(H,32,36). The molecule has 3 aromatic carbocycles. The second kappa shape index (κ2) is 12.6. The van der Waals surface area contributed by atoms with Gasteiger partial charge in [0.1, 0.15) is 0 Å². The van der Waals surface area contributed by atoms with E-state index in [1.807, 2.05) is 36.4 Å². The number of hydrogen-bond donors (Lipinski definition) is 1. The Balaban J connectivity index is 1.14. The van der Waals surface area contributed by atoms with Gasteiger partial charge in [0.15, 0.2) is 5.16 Å². The van der Waals surface area contributed by atoms with E-state index in [1.54, 1.807) is 22.8 Å². The van der Waals surface area contributed by atoms with Crippen molar-refractivity contribution in [2.24, 2.45) is 0 Å². The molecule has 8 heteroatoms. The van der Waals surface area contributed by atoms with E-state index in [0.717, 1.165) is 32.5 Å². The summed E-state index contributed by atoms with van der Waals surface area (Å²) >= 11 is 7.70. The van der Waals surface area contributed by atoms with Crippen molar-refractivity contribution in [2.75, 3.05) is 18.8 Å². The molecule has 1 aromatic heterocycles. The lowest BCUT2D eigenvalue weighted by Crippen LogP contribution is -2.44. The summed E-state index contributed by atoms with van der Waals surface area (Å²) in [7, 11) is 0. The maximum atomic E-state index is 13.3. The number of piperidine rings is 1. The van der Waals surface area contributed by atoms with Gasteiger partial charge in [-0.2, -0.15) is 0 Å². The number of benzene rings is 3. The van der Waals surface area contributed by atoms with Gasteiger partial charge in [-0.15, -0.1) is 0 Å². The summed E-state index contributed by atoms with van der Waals surface area (Å²) in [5, 5.41) is 4.94. The SMILES string of the molecule is O=C(CCCSc1nc2ccccc2c(=O)n1-c1cccc(Cl)c1)NC1CCN(Cc2ccccc2)CC1. The fourth-order valence-electron chi connectivity index (χ4n) is 4.83. The van der Waals surface area contributed by atoms with Crippen LogP contribution in [0, 0.1) is 0 Å². The zero-order valence-corrected chi connectivity index (χ0v) is 22.8. The first-order valence-electron chi connectivity index (χ1n) is 13.0. The molecule has 0 saturated carbocycles. The van der Waals surface area contributed by atoms with Gasteiger partial charge < -0.3 is 5.32 Å². The van der Waals surface area contributed by atoms with E-state index in [9.17, 15) is 9.59 Å². The predicted molar refractivity (Wildman–Crippen MR) is 155 cm³/mol. The molecule has 1 fully saturated rings. The van der Waals surface area contributed by atoms with Gasteiger partial charge in [0.05, 0.1) is 16.6 Å². The Morgan fingerprint density at radius 3 is 2.55 bits per heavy atom. The third-order valence-corrected chi connectivity index (χ3v) is 8.05. The lowest BCUT2D eigenvalue weighted by molar-refractivity contribution is -0.122. The third kappa shape index (κ3) is 6.65. The Hall–Kier alpha value is -3.13. The van der Waals surface area contributed by atoms with Crippen LogP contribution in [0.5, 0.6) is 0 Å². The average Bonchev–Trinajstić information content (AvgIpc) is 2.93. The first-order chi connectivity index (χ1) is 18.6. The van der Waals surface area contributed by atoms with Gasteiger partial charge in [0, 0.05) is 42.9 Å². The number of fused-ring (bicyclic) bond motifs is 1. The van der Waals surface area contributed by atoms with Crippen molar-refractivity contribution in [3.63, 3.8) is 0 Å². The van der Waals surface area contributed by atoms with Crippen molar-refractivity contribution >= 4 is 40.2 Å². The fraction of sp³-hybridized carbons (Fsp3) is 0.300. The maximum absolute atomic E-state index is 13.3. The molecule has 1 aliphatic rings. The van der Waals surface area contributed by atoms with E-state index in [2.05, 4.69) is 34.5 Å². The molecule has 196 valence electrons. The number of likely N-dealkylation sites (tertiary alicyclic amines) is 1. The second-order valence-corrected chi connectivity index (χ2v) is 11.1. The van der Waals surface area contributed by atoms with Crippen molar-refractivity contribution in [2.45, 2.75) is 43.4 Å². The highest BCUT2D eigenvalue weighted by molar-refractivity contribution is 7.99. The molecule has 1 aliphatic heterocycles. The number of nitrogens with one attached hydrogen (secondary N) is 1. The molecule has 1 amide bonds. The van der Waals surface area contributed by atoms with Crippen molar-refractivity contribution in [1.82, 2.24) is 19.8 Å². The van der Waals surface area contributed by atoms with E-state index in [-0.39, 0.29) is 17.5 Å². The highest BCUT2D eigenvalue weighted by Crippen LogP contribution is 2.24. The third-order valence-electron chi connectivity index (χ3n) is 6.79. The van der Waals surface area contributed by atoms with Crippen LogP contribution in [0.4, 0.5) is 0 Å². The fourth-order valence-corrected chi connectivity index (χ4v) is 5.96. The number of rotatable bonds is 9. The van der Waals surface area contributed by atoms with Gasteiger partial charge in [-0.3, -0.25) is 19.1 Å². The number of aromatic nitrogens is 2. The van der Waals surface area contributed by atoms with E-state index in [0.29, 0.717) is 45.4 Å². The molecule has 5 rings (SSSR count). The number of thioether (sulfide) groups is 1. The van der Waals surface area contributed by atoms with Gasteiger partial charge in [0.25, 0.3) is 5.56 Å². The molecule has 0 spiro atoms. The lowest BCUT2D eigenvalue weighted by atomic mass is 10.0. The summed E-state index contributed by atoms with van der Waals surface area (Å²) in [6, 6.07) is 25.3. The normalized spacial score (nSPS) is 14.6. The van der Waals surface area contributed by atoms with Gasteiger partial charge >= 0.3 is 0 Å². The van der Waals surface area contributed by atoms with Gasteiger partial charge in [-0.1, -0.05) is 71.9 Å². The van der Waals surface area contributed by atoms with Crippen LogP contribution in [-0.2, 0) is 11.3 Å². The van der Waals surface area contributed by atoms with Crippen molar-refractivity contribution in [3.8, 4) is 5.69 Å². The van der Waals surface area contributed by atoms with E-state index in [4.69, 9.17) is 16.6 Å². The Labute approximate surface area is 232 Å². The molecular formula is C30H31ClN4O2S. The first kappa shape index (κ1) is 26.5. The highest BCUT2D eigenvalue weighted by Gasteiger charge is 2.21. The molecule has 1 N–H and O–H groups in total. The second-order valence-electron chi connectivity index (χ2n) is 9.59. The molecule has 6 nitrogen and oxygen atoms in total. The van der Waals surface area contributed by atoms with Crippen LogP contribution in [-0.4, -0.2) is 45.2 Å². The predicted octanol–water partition coefficient (Wildman–Crippen LogP) is 5.69. The minimum absolute atomic E-state index is 0.0887. The van der Waals surface area contributed by atoms with Crippen LogP contribution in [0.15, 0.2) is 88.8 Å². The van der Waals surface area contributed by atoms with Crippen LogP contribution in [0.2, 0.25) is 5.02 Å². The Kier molecular flexibility index (Phi) is 8.79. The summed E-state index contributed by atoms with van der Waals surface area (Å²) in [5.74, 6) is 0.764. The summed E-state index contributed by atoms with van der Waals surface area (Å²) in [6.45, 7) is 2.94. The summed E-state index contributed by atoms with van der Waals surface area (Å²) in [4.78, 5) is 33.2. The number of hydrogen-bond acceptors (Lipinski definition) is 5. The number of amides is 1. The quantitative estimate of drug-likeness (QED) is 0.166. The number of carbonyl (C=O) groups is 1. The lowest BCUT2D eigenvalue weighted by Gasteiger charge is -2.32. The number of carbonyl (C=O) groups excluding carboxylic acids is 1. The topological polar surface area (TPSA) is 67.2 Å². The number of para-hydroxylation sites is 1. The molecule has 0 unspecified atom stereocenters. The molecule has 0 aliphatic carbocycles. The average molecular weight is 547 g/mol. The minimum atomic E-state index is -0.128. The molecular weight excluding hydrogens is 516 g/mol. The number of halogens is 1. The number of nitrogens with zero attached hydrogens (tertiary/aromatic N) is 3. The largest absolute Gasteiger partial charge is 0.353 e. The molecule has 38 heavy (non-hydrogen) atoms. The summed E-state index contributed by atoms with van der Waals surface area (Å²) < 4.78 is 1.61. The zero-order chi connectivity index (χ0) is 26.3. The Bertz CT molecular complexity index is 1450. The smallest absolute Gasteiger partial charge is 0.266 e. The van der Waals surface area contributed by atoms with Gasteiger partial charge in [-0.25, -0.2) is 4.98 Å². The minimum Gasteiger partial charge on any atom is -0.353 e. The van der Waals surface area contributed by atoms with Crippen LogP contribution in [0.25, 0.3) is 16.6 Å². The molecule has 2 heterocycles. The zero-order valence-electron chi connectivity index (χ0n) is 21.2. The molecule has 0 radical (unpaired) electrons. The van der Waals surface area contributed by atoms with E-state index >= 15 is 0 Å². The van der Waals surface area contributed by atoms with Crippen molar-refractivity contribution in [1.29, 1.82) is 0 Å². The van der Waals surface area contributed by atoms with Crippen LogP contribution >= 0.6 is 23.4 Å². The van der Waals surface area contributed by atoms with Gasteiger partial charge in [0.2, 0.25) is 5.91 Å². The van der Waals surface area contributed by atoms with E-state index in [1.165, 1.54) is 17.3 Å².